The highest BCUT2D eigenvalue weighted by molar-refractivity contribution is 5.89. The lowest BCUT2D eigenvalue weighted by atomic mass is 10.1. The number of carboxylic acids is 5. The second-order valence-corrected chi connectivity index (χ2v) is 18.3. The molecule has 0 aliphatic heterocycles. The molecule has 0 heterocycles. The van der Waals surface area contributed by atoms with E-state index in [0.29, 0.717) is 0 Å². The lowest BCUT2D eigenvalue weighted by Gasteiger charge is -2.41. The second-order valence-electron chi connectivity index (χ2n) is 18.3. The van der Waals surface area contributed by atoms with Crippen molar-refractivity contribution < 1.29 is 125 Å². The third kappa shape index (κ3) is 37.2. The van der Waals surface area contributed by atoms with Gasteiger partial charge in [-0.05, 0) is 44.3 Å². The summed E-state index contributed by atoms with van der Waals surface area (Å²) in [6, 6.07) is -6.20. The fourth-order valence-corrected chi connectivity index (χ4v) is 7.84. The zero-order valence-corrected chi connectivity index (χ0v) is 44.6. The zero-order valence-electron chi connectivity index (χ0n) is 44.6. The molecule has 0 saturated heterocycles. The van der Waals surface area contributed by atoms with E-state index in [2.05, 4.69) is 26.6 Å². The first-order valence-corrected chi connectivity index (χ1v) is 25.2. The summed E-state index contributed by atoms with van der Waals surface area (Å²) in [4.78, 5) is 128. The number of hydrogen-bond donors (Lipinski definition) is 12. The number of carbonyl (C=O) groups is 10. The predicted molar refractivity (Wildman–Crippen MR) is 251 cm³/mol. The molecular formula is C44H73N13O25-10. The third-order valence-corrected chi connectivity index (χ3v) is 11.6. The number of nitrogens with one attached hydrogen (secondary N) is 5. The average molecular weight is 1180 g/mol. The summed E-state index contributed by atoms with van der Waals surface area (Å²) >= 11 is 0. The van der Waals surface area contributed by atoms with E-state index in [1.54, 1.807) is 0 Å². The van der Waals surface area contributed by atoms with E-state index in [1.807, 2.05) is 0 Å². The van der Waals surface area contributed by atoms with Crippen molar-refractivity contribution in [2.24, 2.45) is 11.5 Å². The maximum absolute atomic E-state index is 13.0. The van der Waals surface area contributed by atoms with Gasteiger partial charge in [0.15, 0.2) is 0 Å². The van der Waals surface area contributed by atoms with Crippen LogP contribution in [0.15, 0.2) is 0 Å². The van der Waals surface area contributed by atoms with Crippen molar-refractivity contribution in [3.8, 4) is 0 Å². The Kier molecular flexibility index (Phi) is 38.8. The summed E-state index contributed by atoms with van der Waals surface area (Å²) in [5.74, 6) is -13.2. The number of rotatable bonds is 49. The van der Waals surface area contributed by atoms with Crippen LogP contribution in [0.5, 0.6) is 0 Å². The Morgan fingerprint density at radius 3 is 1.22 bits per heavy atom. The van der Waals surface area contributed by atoms with Gasteiger partial charge in [0, 0.05) is 156 Å². The molecule has 0 spiro atoms. The molecule has 38 nitrogen and oxygen atoms in total. The molecule has 0 saturated carbocycles. The van der Waals surface area contributed by atoms with Gasteiger partial charge < -0.3 is 139 Å². The Morgan fingerprint density at radius 1 is 0.451 bits per heavy atom. The standard InChI is InChI=1S/C44H78N13O25/c45-25-50-42(78)27(16-49-31(59)4-2-29(44(81)82)57(13-9-54(21-37(69)70)22-38(71)72)14-10-55(23-39(73)74)24-40(75)76)51-32(60)5-6-47-41(77)26(46)15-48-30(58)3-1-28(43(79)80)56(11-7-52(17-33(61)62)18-34(63)64)12-8-53(19-35(65)66)20-36(67)68/h26-29,33-36,43,61,63,65,67,79H,1-25,45-46H2,(H,47,77)(H,48,58)(H,49,59)(H,50,78)(H,51,60)(H,69,70)(H,71,72)(H,73,74)(H,75,76)(H,81,82)/q-5/p-5/t26?,27?,28-,29-,33?,34?,35?,36?,43?/m0/s1. The van der Waals surface area contributed by atoms with Crippen LogP contribution >= 0.6 is 0 Å². The lowest BCUT2D eigenvalue weighted by molar-refractivity contribution is -0.497. The van der Waals surface area contributed by atoms with Gasteiger partial charge in [-0.2, -0.15) is 0 Å². The molecule has 474 valence electrons. The number of aliphatic carboxylic acids is 5. The van der Waals surface area contributed by atoms with Gasteiger partial charge in [0.05, 0.1) is 36.5 Å². The maximum atomic E-state index is 13.0. The normalized spacial score (nSPS) is 15.0. The number of hydrogen-bond acceptors (Lipinski definition) is 33. The van der Waals surface area contributed by atoms with Gasteiger partial charge in [0.1, 0.15) is 12.1 Å². The Balaban J connectivity index is 5.75. The van der Waals surface area contributed by atoms with Gasteiger partial charge in [-0.3, -0.25) is 53.4 Å². The SMILES string of the molecule is NCNC(=O)C(CNC(=O)CC[C@@H](C(=O)[O-])N(CCN(CC(=O)[O-])CC(=O)[O-])CCN(CC(=O)[O-])CC(=O)[O-])NC(=O)CCNC(=O)C(N)CNC(=O)CC[C@@H](C([O-])O)N(CCN(CC([O-])O)CC([O-])O)CCN(CC([O-])O)CC([O-])O. The Bertz CT molecular complexity index is 1860. The highest BCUT2D eigenvalue weighted by atomic mass is 16.5. The minimum absolute atomic E-state index is 0.281. The minimum atomic E-state index is -2.44. The minimum Gasteiger partial charge on any atom is -0.830 e. The van der Waals surface area contributed by atoms with Crippen LogP contribution in [-0.4, -0.2) is 301 Å². The van der Waals surface area contributed by atoms with Crippen LogP contribution in [0.4, 0.5) is 0 Å². The van der Waals surface area contributed by atoms with E-state index in [-0.39, 0.29) is 26.2 Å². The molecule has 0 radical (unpaired) electrons. The smallest absolute Gasteiger partial charge is 0.245 e. The number of amides is 5. The van der Waals surface area contributed by atoms with Crippen molar-refractivity contribution in [2.45, 2.75) is 87.7 Å². The maximum Gasteiger partial charge on any atom is 0.245 e. The number of carbonyl (C=O) groups excluding carboxylic acids is 10. The van der Waals surface area contributed by atoms with Crippen molar-refractivity contribution in [1.82, 2.24) is 56.0 Å². The molecule has 0 aromatic carbocycles. The van der Waals surface area contributed by atoms with Gasteiger partial charge in [-0.15, -0.1) is 0 Å². The largest absolute Gasteiger partial charge is 0.830 e. The first kappa shape index (κ1) is 76.0. The number of nitrogens with zero attached hydrogens (tertiary/aromatic N) is 6. The summed E-state index contributed by atoms with van der Waals surface area (Å²) in [7, 11) is 0. The zero-order chi connectivity index (χ0) is 62.6. The van der Waals surface area contributed by atoms with E-state index in [0.717, 1.165) is 24.5 Å². The summed E-state index contributed by atoms with van der Waals surface area (Å²) in [5.41, 5.74) is 11.3. The molecule has 5 amide bonds. The van der Waals surface area contributed by atoms with Crippen molar-refractivity contribution in [2.75, 3.05) is 131 Å². The molecule has 82 heavy (non-hydrogen) atoms. The first-order chi connectivity index (χ1) is 38.3. The van der Waals surface area contributed by atoms with Crippen LogP contribution in [0.25, 0.3) is 0 Å². The van der Waals surface area contributed by atoms with Crippen molar-refractivity contribution in [3.05, 3.63) is 0 Å². The van der Waals surface area contributed by atoms with E-state index < -0.39 is 252 Å². The van der Waals surface area contributed by atoms with Gasteiger partial charge in [-0.25, -0.2) is 0 Å². The van der Waals surface area contributed by atoms with Crippen LogP contribution in [0.2, 0.25) is 0 Å². The third-order valence-electron chi connectivity index (χ3n) is 11.6. The molecular weight excluding hydrogens is 1110 g/mol. The Hall–Kier alpha value is -6.02. The van der Waals surface area contributed by atoms with E-state index in [4.69, 9.17) is 11.5 Å². The topological polar surface area (TPSA) is 634 Å². The molecule has 0 aliphatic rings. The van der Waals surface area contributed by atoms with Gasteiger partial charge >= 0.3 is 0 Å². The van der Waals surface area contributed by atoms with Crippen molar-refractivity contribution in [1.29, 1.82) is 0 Å². The predicted octanol–water partition coefficient (Wildman–Crippen LogP) is -23.2. The fraction of sp³-hybridized carbons (Fsp3) is 0.773. The van der Waals surface area contributed by atoms with Gasteiger partial charge in [0.25, 0.3) is 0 Å². The average Bonchev–Trinajstić information content (AvgIpc) is 3.34. The van der Waals surface area contributed by atoms with Crippen LogP contribution in [0.3, 0.4) is 0 Å². The number of carboxylic acid groups (broad SMARTS) is 5. The molecule has 0 rings (SSSR count). The van der Waals surface area contributed by atoms with Crippen LogP contribution in [-0.2, 0) is 47.9 Å². The van der Waals surface area contributed by atoms with E-state index in [1.165, 1.54) is 4.90 Å². The quantitative estimate of drug-likeness (QED) is 0.0252. The molecule has 0 aromatic rings. The summed E-state index contributed by atoms with van der Waals surface area (Å²) in [6.45, 7) is -11.5. The van der Waals surface area contributed by atoms with Crippen LogP contribution in [0, 0.1) is 0 Å². The monoisotopic (exact) mass is 1180 g/mol. The molecule has 0 fully saturated rings. The highest BCUT2D eigenvalue weighted by Crippen LogP contribution is 2.12. The lowest BCUT2D eigenvalue weighted by Crippen LogP contribution is -2.56. The highest BCUT2D eigenvalue weighted by Gasteiger charge is 2.27. The van der Waals surface area contributed by atoms with Gasteiger partial charge in [0.2, 0.25) is 29.5 Å². The Morgan fingerprint density at radius 2 is 0.841 bits per heavy atom. The van der Waals surface area contributed by atoms with E-state index in [9.17, 15) is 125 Å². The molecule has 0 aromatic heterocycles. The second kappa shape index (κ2) is 41.9. The molecule has 0 aliphatic carbocycles. The summed E-state index contributed by atoms with van der Waals surface area (Å²) < 4.78 is 0. The van der Waals surface area contributed by atoms with E-state index >= 15 is 0 Å². The van der Waals surface area contributed by atoms with Gasteiger partial charge in [-0.1, -0.05) is 0 Å². The van der Waals surface area contributed by atoms with Crippen LogP contribution in [0.1, 0.15) is 32.1 Å². The molecule has 0 bridgehead atoms. The number of aliphatic hydroxyl groups excluding tert-OH is 5. The molecule has 38 heteroatoms. The summed E-state index contributed by atoms with van der Waals surface area (Å²) in [6.07, 6.45) is -14.0. The van der Waals surface area contributed by atoms with Crippen molar-refractivity contribution in [3.63, 3.8) is 0 Å². The number of aliphatic hydroxyl groups is 5. The summed E-state index contributed by atoms with van der Waals surface area (Å²) in [5, 5.41) is 175. The first-order valence-electron chi connectivity index (χ1n) is 25.2. The fourth-order valence-electron chi connectivity index (χ4n) is 7.84. The molecule has 9 atom stereocenters. The molecule has 14 N–H and O–H groups in total. The van der Waals surface area contributed by atoms with Crippen LogP contribution < -0.4 is 89.1 Å². The molecule has 7 unspecified atom stereocenters. The Labute approximate surface area is 469 Å². The number of nitrogens with two attached hydrogens (primary N) is 2. The van der Waals surface area contributed by atoms with Crippen molar-refractivity contribution >= 4 is 59.4 Å².